The number of sulfonamides is 1. The van der Waals surface area contributed by atoms with Crippen LogP contribution in [0.5, 0.6) is 5.75 Å². The Bertz CT molecular complexity index is 472. The Morgan fingerprint density at radius 1 is 1.15 bits per heavy atom. The minimum absolute atomic E-state index is 0.00734. The summed E-state index contributed by atoms with van der Waals surface area (Å²) < 4.78 is 36.1. The molecule has 0 radical (unpaired) electrons. The lowest BCUT2D eigenvalue weighted by atomic mass is 10.3. The number of rotatable bonds is 10. The van der Waals surface area contributed by atoms with Gasteiger partial charge in [-0.2, -0.15) is 0 Å². The SMILES string of the molecule is CCCS(=O)(=O)Nc1ccc(OCCOCCO)cc1. The molecule has 20 heavy (non-hydrogen) atoms. The highest BCUT2D eigenvalue weighted by atomic mass is 32.2. The van der Waals surface area contributed by atoms with E-state index in [9.17, 15) is 8.42 Å². The molecule has 0 fully saturated rings. The van der Waals surface area contributed by atoms with E-state index in [0.29, 0.717) is 37.7 Å². The largest absolute Gasteiger partial charge is 0.491 e. The molecule has 0 heterocycles. The molecule has 0 saturated carbocycles. The summed E-state index contributed by atoms with van der Waals surface area (Å²) in [7, 11) is -3.26. The van der Waals surface area contributed by atoms with Gasteiger partial charge in [0.1, 0.15) is 12.4 Å². The third kappa shape index (κ3) is 6.74. The molecule has 114 valence electrons. The van der Waals surface area contributed by atoms with E-state index in [-0.39, 0.29) is 12.4 Å². The summed E-state index contributed by atoms with van der Waals surface area (Å²) in [6, 6.07) is 6.68. The van der Waals surface area contributed by atoms with Crippen molar-refractivity contribution >= 4 is 15.7 Å². The number of anilines is 1. The fourth-order valence-electron chi connectivity index (χ4n) is 1.50. The van der Waals surface area contributed by atoms with Gasteiger partial charge in [-0.25, -0.2) is 8.42 Å². The fourth-order valence-corrected chi connectivity index (χ4v) is 2.64. The van der Waals surface area contributed by atoms with E-state index in [2.05, 4.69) is 4.72 Å². The molecule has 0 amide bonds. The van der Waals surface area contributed by atoms with E-state index < -0.39 is 10.0 Å². The van der Waals surface area contributed by atoms with Crippen LogP contribution in [0.25, 0.3) is 0 Å². The molecule has 0 aromatic heterocycles. The molecule has 0 bridgehead atoms. The standard InChI is InChI=1S/C13H21NO5S/c1-2-11-20(16,17)14-12-3-5-13(6-4-12)19-10-9-18-8-7-15/h3-6,14-15H,2,7-11H2,1H3. The summed E-state index contributed by atoms with van der Waals surface area (Å²) in [6.45, 7) is 2.87. The van der Waals surface area contributed by atoms with E-state index in [0.717, 1.165) is 0 Å². The lowest BCUT2D eigenvalue weighted by Crippen LogP contribution is -2.16. The summed E-state index contributed by atoms with van der Waals surface area (Å²) in [4.78, 5) is 0. The maximum atomic E-state index is 11.6. The lowest BCUT2D eigenvalue weighted by Gasteiger charge is -2.09. The van der Waals surface area contributed by atoms with Gasteiger partial charge in [-0.15, -0.1) is 0 Å². The Hall–Kier alpha value is -1.31. The Kier molecular flexibility index (Phi) is 7.35. The van der Waals surface area contributed by atoms with Crippen LogP contribution in [0.3, 0.4) is 0 Å². The molecule has 0 atom stereocenters. The first-order chi connectivity index (χ1) is 9.57. The van der Waals surface area contributed by atoms with Crippen molar-refractivity contribution < 1.29 is 23.0 Å². The van der Waals surface area contributed by atoms with E-state index in [4.69, 9.17) is 14.6 Å². The van der Waals surface area contributed by atoms with Crippen LogP contribution in [-0.2, 0) is 14.8 Å². The minimum Gasteiger partial charge on any atom is -0.491 e. The van der Waals surface area contributed by atoms with Gasteiger partial charge < -0.3 is 14.6 Å². The monoisotopic (exact) mass is 303 g/mol. The number of nitrogens with one attached hydrogen (secondary N) is 1. The molecule has 6 nitrogen and oxygen atoms in total. The van der Waals surface area contributed by atoms with Crippen LogP contribution in [-0.4, -0.2) is 45.7 Å². The second-order valence-electron chi connectivity index (χ2n) is 4.13. The van der Waals surface area contributed by atoms with Crippen LogP contribution in [0.15, 0.2) is 24.3 Å². The van der Waals surface area contributed by atoms with Gasteiger partial charge in [-0.1, -0.05) is 6.92 Å². The summed E-state index contributed by atoms with van der Waals surface area (Å²) in [5.74, 6) is 0.740. The molecule has 1 rings (SSSR count). The zero-order valence-electron chi connectivity index (χ0n) is 11.5. The number of ether oxygens (including phenoxy) is 2. The van der Waals surface area contributed by atoms with E-state index in [1.165, 1.54) is 0 Å². The van der Waals surface area contributed by atoms with Crippen molar-refractivity contribution in [2.24, 2.45) is 0 Å². The summed E-state index contributed by atoms with van der Waals surface area (Å²) in [6.07, 6.45) is 0.574. The highest BCUT2D eigenvalue weighted by molar-refractivity contribution is 7.92. The van der Waals surface area contributed by atoms with Crippen LogP contribution in [0, 0.1) is 0 Å². The quantitative estimate of drug-likeness (QED) is 0.635. The summed E-state index contributed by atoms with van der Waals surface area (Å²) in [5.41, 5.74) is 0.516. The molecular weight excluding hydrogens is 282 g/mol. The van der Waals surface area contributed by atoms with Gasteiger partial charge in [0, 0.05) is 5.69 Å². The molecule has 0 saturated heterocycles. The first kappa shape index (κ1) is 16.7. The Balaban J connectivity index is 2.40. The van der Waals surface area contributed by atoms with Gasteiger partial charge in [0.05, 0.1) is 25.6 Å². The van der Waals surface area contributed by atoms with Crippen molar-refractivity contribution in [1.29, 1.82) is 0 Å². The highest BCUT2D eigenvalue weighted by Crippen LogP contribution is 2.16. The predicted octanol–water partition coefficient (Wildman–Crippen LogP) is 1.23. The van der Waals surface area contributed by atoms with Gasteiger partial charge in [0.25, 0.3) is 0 Å². The van der Waals surface area contributed by atoms with Crippen LogP contribution >= 0.6 is 0 Å². The van der Waals surface area contributed by atoms with Gasteiger partial charge in [0.15, 0.2) is 0 Å². The average Bonchev–Trinajstić information content (AvgIpc) is 2.40. The molecule has 1 aromatic rings. The molecule has 2 N–H and O–H groups in total. The third-order valence-electron chi connectivity index (χ3n) is 2.33. The van der Waals surface area contributed by atoms with E-state index in [1.54, 1.807) is 24.3 Å². The normalized spacial score (nSPS) is 11.3. The summed E-state index contributed by atoms with van der Waals surface area (Å²) >= 11 is 0. The van der Waals surface area contributed by atoms with Gasteiger partial charge in [0.2, 0.25) is 10.0 Å². The second-order valence-corrected chi connectivity index (χ2v) is 5.97. The Morgan fingerprint density at radius 3 is 2.45 bits per heavy atom. The maximum absolute atomic E-state index is 11.6. The highest BCUT2D eigenvalue weighted by Gasteiger charge is 2.08. The van der Waals surface area contributed by atoms with Crippen molar-refractivity contribution in [2.75, 3.05) is 36.9 Å². The summed E-state index contributed by atoms with van der Waals surface area (Å²) in [5, 5.41) is 8.52. The first-order valence-electron chi connectivity index (χ1n) is 6.49. The number of hydrogen-bond acceptors (Lipinski definition) is 5. The molecule has 0 spiro atoms. The first-order valence-corrected chi connectivity index (χ1v) is 8.14. The van der Waals surface area contributed by atoms with Crippen molar-refractivity contribution in [1.82, 2.24) is 0 Å². The zero-order valence-corrected chi connectivity index (χ0v) is 12.4. The van der Waals surface area contributed by atoms with Crippen LogP contribution < -0.4 is 9.46 Å². The fraction of sp³-hybridized carbons (Fsp3) is 0.538. The predicted molar refractivity (Wildman–Crippen MR) is 77.5 cm³/mol. The second kappa shape index (κ2) is 8.78. The van der Waals surface area contributed by atoms with Crippen molar-refractivity contribution in [3.8, 4) is 5.75 Å². The Labute approximate surface area is 119 Å². The number of hydrogen-bond donors (Lipinski definition) is 2. The number of aliphatic hydroxyl groups excluding tert-OH is 1. The smallest absolute Gasteiger partial charge is 0.232 e. The van der Waals surface area contributed by atoms with Crippen molar-refractivity contribution in [2.45, 2.75) is 13.3 Å². The number of aliphatic hydroxyl groups is 1. The number of benzene rings is 1. The molecule has 0 unspecified atom stereocenters. The zero-order chi connectivity index (χ0) is 14.8. The minimum atomic E-state index is -3.26. The Morgan fingerprint density at radius 2 is 1.85 bits per heavy atom. The topological polar surface area (TPSA) is 84.9 Å². The molecule has 7 heteroatoms. The van der Waals surface area contributed by atoms with Gasteiger partial charge >= 0.3 is 0 Å². The lowest BCUT2D eigenvalue weighted by molar-refractivity contribution is 0.0705. The van der Waals surface area contributed by atoms with Crippen molar-refractivity contribution in [3.63, 3.8) is 0 Å². The van der Waals surface area contributed by atoms with Crippen LogP contribution in [0.1, 0.15) is 13.3 Å². The maximum Gasteiger partial charge on any atom is 0.232 e. The van der Waals surface area contributed by atoms with Gasteiger partial charge in [-0.05, 0) is 30.7 Å². The van der Waals surface area contributed by atoms with Crippen molar-refractivity contribution in [3.05, 3.63) is 24.3 Å². The molecular formula is C13H21NO5S. The van der Waals surface area contributed by atoms with E-state index in [1.807, 2.05) is 6.92 Å². The third-order valence-corrected chi connectivity index (χ3v) is 3.82. The average molecular weight is 303 g/mol. The van der Waals surface area contributed by atoms with Crippen LogP contribution in [0.4, 0.5) is 5.69 Å². The molecule has 0 aliphatic heterocycles. The van der Waals surface area contributed by atoms with E-state index >= 15 is 0 Å². The van der Waals surface area contributed by atoms with Crippen LogP contribution in [0.2, 0.25) is 0 Å². The molecule has 1 aromatic carbocycles. The molecule has 0 aliphatic carbocycles. The van der Waals surface area contributed by atoms with Gasteiger partial charge in [-0.3, -0.25) is 4.72 Å². The molecule has 0 aliphatic rings.